The molecule has 190 valence electrons. The van der Waals surface area contributed by atoms with Crippen LogP contribution in [0.1, 0.15) is 52.9 Å². The van der Waals surface area contributed by atoms with E-state index < -0.39 is 11.6 Å². The first kappa shape index (κ1) is 24.8. The molecule has 4 atom stereocenters. The van der Waals surface area contributed by atoms with Gasteiger partial charge in [0.1, 0.15) is 11.9 Å². The molecule has 0 radical (unpaired) electrons. The number of aromatic nitrogens is 2. The van der Waals surface area contributed by atoms with Gasteiger partial charge in [0.25, 0.3) is 5.91 Å². The summed E-state index contributed by atoms with van der Waals surface area (Å²) in [5.74, 6) is 0.528. The Morgan fingerprint density at radius 1 is 1.25 bits per heavy atom. The van der Waals surface area contributed by atoms with Crippen molar-refractivity contribution in [2.24, 2.45) is 11.3 Å². The fraction of sp³-hybridized carbons (Fsp3) is 0.464. The third kappa shape index (κ3) is 4.62. The predicted molar refractivity (Wildman–Crippen MR) is 140 cm³/mol. The molecule has 5 rings (SSSR count). The maximum atomic E-state index is 13.6. The average Bonchev–Trinajstić information content (AvgIpc) is 3.16. The van der Waals surface area contributed by atoms with Gasteiger partial charge in [0.2, 0.25) is 5.91 Å². The molecule has 1 aromatic heterocycles. The van der Waals surface area contributed by atoms with Gasteiger partial charge in [-0.25, -0.2) is 4.98 Å². The molecular formula is C28H33ClN4O3. The Labute approximate surface area is 216 Å². The van der Waals surface area contributed by atoms with Crippen LogP contribution in [0, 0.1) is 11.3 Å². The van der Waals surface area contributed by atoms with Crippen molar-refractivity contribution in [3.8, 4) is 0 Å². The maximum Gasteiger partial charge on any atom is 0.250 e. The molecular weight excluding hydrogens is 476 g/mol. The molecule has 2 unspecified atom stereocenters. The first-order valence-electron chi connectivity index (χ1n) is 12.5. The monoisotopic (exact) mass is 508 g/mol. The van der Waals surface area contributed by atoms with Crippen LogP contribution in [0.4, 0.5) is 0 Å². The third-order valence-corrected chi connectivity index (χ3v) is 7.54. The van der Waals surface area contributed by atoms with Crippen molar-refractivity contribution >= 4 is 34.4 Å². The van der Waals surface area contributed by atoms with Crippen LogP contribution < -0.4 is 5.32 Å². The van der Waals surface area contributed by atoms with E-state index in [1.54, 1.807) is 6.07 Å². The van der Waals surface area contributed by atoms with Crippen LogP contribution in [0.25, 0.3) is 11.0 Å². The van der Waals surface area contributed by atoms with Gasteiger partial charge in [0.15, 0.2) is 0 Å². The summed E-state index contributed by atoms with van der Waals surface area (Å²) in [7, 11) is 0. The molecule has 2 N–H and O–H groups in total. The zero-order valence-electron chi connectivity index (χ0n) is 21.4. The number of carbonyl (C=O) groups is 2. The average molecular weight is 509 g/mol. The summed E-state index contributed by atoms with van der Waals surface area (Å²) in [6.45, 7) is 11.3. The minimum absolute atomic E-state index is 0.0194. The topological polar surface area (TPSA) is 87.3 Å². The molecule has 0 saturated heterocycles. The number of halogens is 1. The van der Waals surface area contributed by atoms with Gasteiger partial charge in [-0.15, -0.1) is 0 Å². The number of rotatable bonds is 6. The van der Waals surface area contributed by atoms with Crippen LogP contribution >= 0.6 is 11.6 Å². The Bertz CT molecular complexity index is 1310. The number of carbonyl (C=O) groups excluding carboxylic acids is 2. The van der Waals surface area contributed by atoms with Crippen molar-refractivity contribution in [3.05, 3.63) is 64.5 Å². The Morgan fingerprint density at radius 3 is 2.67 bits per heavy atom. The highest BCUT2D eigenvalue weighted by molar-refractivity contribution is 6.31. The van der Waals surface area contributed by atoms with Gasteiger partial charge in [-0.05, 0) is 58.2 Å². The Kier molecular flexibility index (Phi) is 6.12. The van der Waals surface area contributed by atoms with Crippen LogP contribution in [0.3, 0.4) is 0 Å². The Balaban J connectivity index is 1.41. The number of benzene rings is 1. The van der Waals surface area contributed by atoms with E-state index in [1.807, 2.05) is 69.0 Å². The second-order valence-corrected chi connectivity index (χ2v) is 11.7. The van der Waals surface area contributed by atoms with Crippen molar-refractivity contribution in [2.75, 3.05) is 13.1 Å². The van der Waals surface area contributed by atoms with E-state index in [9.17, 15) is 9.59 Å². The van der Waals surface area contributed by atoms with Crippen LogP contribution in [-0.4, -0.2) is 51.5 Å². The molecule has 36 heavy (non-hydrogen) atoms. The number of amides is 2. The highest BCUT2D eigenvalue weighted by Gasteiger charge is 2.59. The minimum Gasteiger partial charge on any atom is -0.370 e. The first-order chi connectivity index (χ1) is 17.0. The molecule has 2 heterocycles. The second kappa shape index (κ2) is 8.89. The van der Waals surface area contributed by atoms with E-state index in [0.717, 1.165) is 23.0 Å². The van der Waals surface area contributed by atoms with Gasteiger partial charge < -0.3 is 19.9 Å². The summed E-state index contributed by atoms with van der Waals surface area (Å²) >= 11 is 6.17. The van der Waals surface area contributed by atoms with Gasteiger partial charge >= 0.3 is 0 Å². The van der Waals surface area contributed by atoms with E-state index in [-0.39, 0.29) is 29.3 Å². The third-order valence-electron chi connectivity index (χ3n) is 7.31. The molecule has 8 heteroatoms. The second-order valence-electron chi connectivity index (χ2n) is 11.2. The van der Waals surface area contributed by atoms with Gasteiger partial charge in [-0.3, -0.25) is 9.59 Å². The molecule has 1 aromatic carbocycles. The van der Waals surface area contributed by atoms with E-state index >= 15 is 0 Å². The van der Waals surface area contributed by atoms with Crippen LogP contribution in [0.15, 0.2) is 53.6 Å². The molecule has 1 saturated carbocycles. The molecule has 0 spiro atoms. The summed E-state index contributed by atoms with van der Waals surface area (Å²) in [6.07, 6.45) is 8.11. The summed E-state index contributed by atoms with van der Waals surface area (Å²) in [4.78, 5) is 36.5. The molecule has 2 aliphatic carbocycles. The quantitative estimate of drug-likeness (QED) is 0.545. The number of allylic oxidation sites excluding steroid dienone is 2. The van der Waals surface area contributed by atoms with E-state index in [1.165, 1.54) is 0 Å². The summed E-state index contributed by atoms with van der Waals surface area (Å²) in [5.41, 5.74) is 2.35. The van der Waals surface area contributed by atoms with Crippen LogP contribution in [0.2, 0.25) is 5.02 Å². The Morgan fingerprint density at radius 2 is 1.97 bits per heavy atom. The Hall–Kier alpha value is -2.90. The number of nitrogens with one attached hydrogen (secondary N) is 2. The van der Waals surface area contributed by atoms with Gasteiger partial charge in [-0.2, -0.15) is 0 Å². The summed E-state index contributed by atoms with van der Waals surface area (Å²) in [6, 6.07) is 4.96. The molecule has 0 bridgehead atoms. The van der Waals surface area contributed by atoms with E-state index in [0.29, 0.717) is 29.5 Å². The predicted octanol–water partition coefficient (Wildman–Crippen LogP) is 4.87. The lowest BCUT2D eigenvalue weighted by molar-refractivity contribution is -0.126. The highest BCUT2D eigenvalue weighted by Crippen LogP contribution is 2.63. The molecule has 3 aliphatic rings. The molecule has 1 fully saturated rings. The van der Waals surface area contributed by atoms with Gasteiger partial charge in [0.05, 0.1) is 22.7 Å². The molecule has 1 aliphatic heterocycles. The first-order valence-corrected chi connectivity index (χ1v) is 12.8. The summed E-state index contributed by atoms with van der Waals surface area (Å²) in [5, 5.41) is 3.79. The number of nitrogens with zero attached hydrogens (tertiary/aromatic N) is 2. The lowest BCUT2D eigenvalue weighted by Crippen LogP contribution is -2.41. The van der Waals surface area contributed by atoms with E-state index in [4.69, 9.17) is 21.3 Å². The number of aromatic amines is 1. The number of imidazole rings is 1. The number of ether oxygens (including phenoxy) is 1. The largest absolute Gasteiger partial charge is 0.370 e. The normalized spacial score (nSPS) is 24.7. The lowest BCUT2D eigenvalue weighted by Gasteiger charge is -2.31. The maximum absolute atomic E-state index is 13.6. The number of fused-ring (bicyclic) bond motifs is 2. The van der Waals surface area contributed by atoms with Gasteiger partial charge in [0, 0.05) is 34.7 Å². The van der Waals surface area contributed by atoms with Crippen molar-refractivity contribution in [2.45, 2.75) is 58.8 Å². The highest BCUT2D eigenvalue weighted by atomic mass is 35.5. The fourth-order valence-corrected chi connectivity index (χ4v) is 5.54. The van der Waals surface area contributed by atoms with Crippen molar-refractivity contribution < 1.29 is 14.3 Å². The number of hydrogen-bond acceptors (Lipinski definition) is 4. The zero-order chi connectivity index (χ0) is 25.8. The van der Waals surface area contributed by atoms with Crippen molar-refractivity contribution in [3.63, 3.8) is 0 Å². The smallest absolute Gasteiger partial charge is 0.250 e. The minimum atomic E-state index is -0.503. The number of hydrogen-bond donors (Lipinski definition) is 2. The van der Waals surface area contributed by atoms with Crippen LogP contribution in [-0.2, 0) is 14.3 Å². The standard InChI is InChI=1S/C28H33ClN4O3/c1-16(36-27(2,3)4)23(24-30-21-11-8-17(29)14-22(21)31-24)32-25(34)18-9-10-19(28(5)15-20(18)28)26(35)33-12-6-7-13-33/h6-11,14,16,20,23H,12-13,15H2,1-5H3,(H,30,31)(H,32,34)/t16-,20?,23-,28?/m0/s1. The number of H-pyrrole nitrogens is 1. The van der Waals surface area contributed by atoms with E-state index in [2.05, 4.69) is 17.2 Å². The fourth-order valence-electron chi connectivity index (χ4n) is 5.37. The SMILES string of the molecule is C[C@H](OC(C)(C)C)[C@H](NC(=O)C1=CC=C(C(=O)N2CC=CC2)C2(C)CC12)c1nc2ccc(Cl)cc2[nH]1. The van der Waals surface area contributed by atoms with Crippen LogP contribution in [0.5, 0.6) is 0 Å². The van der Waals surface area contributed by atoms with Gasteiger partial charge in [-0.1, -0.05) is 42.8 Å². The summed E-state index contributed by atoms with van der Waals surface area (Å²) < 4.78 is 6.24. The van der Waals surface area contributed by atoms with Crippen molar-refractivity contribution in [1.29, 1.82) is 0 Å². The molecule has 2 amide bonds. The molecule has 7 nitrogen and oxygen atoms in total. The zero-order valence-corrected chi connectivity index (χ0v) is 22.1. The lowest BCUT2D eigenvalue weighted by atomic mass is 9.86. The molecule has 2 aromatic rings. The van der Waals surface area contributed by atoms with Crippen molar-refractivity contribution in [1.82, 2.24) is 20.2 Å².